The van der Waals surface area contributed by atoms with Crippen molar-refractivity contribution in [1.82, 2.24) is 4.90 Å². The number of likely N-dealkylation sites (tertiary alicyclic amines) is 1. The summed E-state index contributed by atoms with van der Waals surface area (Å²) in [4.78, 5) is 14.2. The van der Waals surface area contributed by atoms with Crippen molar-refractivity contribution in [3.8, 4) is 0 Å². The molecule has 0 unspecified atom stereocenters. The van der Waals surface area contributed by atoms with Gasteiger partial charge in [-0.2, -0.15) is 0 Å². The zero-order valence-electron chi connectivity index (χ0n) is 10.4. The third-order valence-corrected chi connectivity index (χ3v) is 3.17. The van der Waals surface area contributed by atoms with Gasteiger partial charge in [0.15, 0.2) is 0 Å². The predicted octanol–water partition coefficient (Wildman–Crippen LogP) is 2.24. The molecule has 1 fully saturated rings. The molecule has 1 amide bonds. The van der Waals surface area contributed by atoms with Crippen LogP contribution in [0.1, 0.15) is 34.1 Å². The van der Waals surface area contributed by atoms with Crippen LogP contribution < -0.4 is 0 Å². The fraction of sp³-hybridized carbons (Fsp3) is 0.538. The SMILES string of the molecule is CC=C1C(=O)N(C(C)C)CCC1=C[C](C)=[W]. The normalized spacial score (nSPS) is 22.3. The van der Waals surface area contributed by atoms with Crippen molar-refractivity contribution in [1.29, 1.82) is 0 Å². The summed E-state index contributed by atoms with van der Waals surface area (Å²) in [5.74, 6) is 0.186. The van der Waals surface area contributed by atoms with Crippen LogP contribution in [-0.4, -0.2) is 27.3 Å². The molecule has 0 saturated carbocycles. The Balaban J connectivity index is 3.00. The summed E-state index contributed by atoms with van der Waals surface area (Å²) in [5, 5.41) is 0. The van der Waals surface area contributed by atoms with Gasteiger partial charge in [-0.05, 0) is 0 Å². The minimum atomic E-state index is 0.186. The second kappa shape index (κ2) is 5.72. The molecule has 0 aliphatic carbocycles. The summed E-state index contributed by atoms with van der Waals surface area (Å²) in [7, 11) is 0. The van der Waals surface area contributed by atoms with Gasteiger partial charge >= 0.3 is 109 Å². The Labute approximate surface area is 109 Å². The van der Waals surface area contributed by atoms with Crippen molar-refractivity contribution in [3.05, 3.63) is 23.3 Å². The quantitative estimate of drug-likeness (QED) is 0.664. The molecular formula is C13H19NOW. The molecule has 0 aromatic rings. The van der Waals surface area contributed by atoms with E-state index < -0.39 is 0 Å². The number of hydrogen-bond donors (Lipinski definition) is 0. The van der Waals surface area contributed by atoms with E-state index in [1.54, 1.807) is 0 Å². The average molecular weight is 389 g/mol. The molecule has 0 radical (unpaired) electrons. The number of rotatable bonds is 2. The first-order valence-electron chi connectivity index (χ1n) is 5.66. The Morgan fingerprint density at radius 1 is 1.50 bits per heavy atom. The van der Waals surface area contributed by atoms with E-state index in [0.717, 1.165) is 18.5 Å². The maximum absolute atomic E-state index is 12.2. The summed E-state index contributed by atoms with van der Waals surface area (Å²) < 4.78 is 1.33. The van der Waals surface area contributed by atoms with Crippen molar-refractivity contribution in [2.45, 2.75) is 40.2 Å². The van der Waals surface area contributed by atoms with Crippen LogP contribution >= 0.6 is 0 Å². The van der Waals surface area contributed by atoms with Crippen LogP contribution in [0.4, 0.5) is 0 Å². The third-order valence-electron chi connectivity index (χ3n) is 2.75. The van der Waals surface area contributed by atoms with E-state index in [9.17, 15) is 4.79 Å². The summed E-state index contributed by atoms with van der Waals surface area (Å²) in [6, 6.07) is 0.293. The molecule has 1 aliphatic rings. The Morgan fingerprint density at radius 2 is 2.12 bits per heavy atom. The summed E-state index contributed by atoms with van der Waals surface area (Å²) in [6.45, 7) is 9.04. The molecule has 0 aromatic heterocycles. The van der Waals surface area contributed by atoms with Crippen LogP contribution in [0.25, 0.3) is 0 Å². The van der Waals surface area contributed by atoms with Crippen LogP contribution in [0.2, 0.25) is 0 Å². The van der Waals surface area contributed by atoms with Crippen LogP contribution in [0, 0.1) is 0 Å². The van der Waals surface area contributed by atoms with E-state index in [-0.39, 0.29) is 5.91 Å². The number of allylic oxidation sites excluding steroid dienone is 2. The fourth-order valence-electron chi connectivity index (χ4n) is 1.97. The van der Waals surface area contributed by atoms with E-state index in [1.807, 2.05) is 17.9 Å². The van der Waals surface area contributed by atoms with Gasteiger partial charge in [0.1, 0.15) is 0 Å². The molecule has 2 nitrogen and oxygen atoms in total. The molecule has 3 heteroatoms. The number of amides is 1. The molecule has 88 valence electrons. The predicted molar refractivity (Wildman–Crippen MR) is 64.0 cm³/mol. The second-order valence-corrected chi connectivity index (χ2v) is 6.64. The number of nitrogens with zero attached hydrogens (tertiary/aromatic N) is 1. The van der Waals surface area contributed by atoms with E-state index in [1.165, 1.54) is 28.8 Å². The average Bonchev–Trinajstić information content (AvgIpc) is 2.16. The van der Waals surface area contributed by atoms with Crippen LogP contribution in [0.3, 0.4) is 0 Å². The number of hydrogen-bond acceptors (Lipinski definition) is 1. The minimum absolute atomic E-state index is 0.186. The van der Waals surface area contributed by atoms with E-state index in [0.29, 0.717) is 6.04 Å². The second-order valence-electron chi connectivity index (χ2n) is 4.32. The first-order chi connectivity index (χ1) is 7.47. The zero-order chi connectivity index (χ0) is 12.3. The number of piperidine rings is 1. The molecule has 16 heavy (non-hydrogen) atoms. The van der Waals surface area contributed by atoms with E-state index >= 15 is 0 Å². The topological polar surface area (TPSA) is 20.3 Å². The van der Waals surface area contributed by atoms with Crippen molar-refractivity contribution in [2.75, 3.05) is 6.54 Å². The van der Waals surface area contributed by atoms with Gasteiger partial charge < -0.3 is 0 Å². The van der Waals surface area contributed by atoms with E-state index in [4.69, 9.17) is 0 Å². The molecule has 1 aliphatic heterocycles. The standard InChI is InChI=1S/C13H19NO.W/c1-5-7-11-8-9-14(10(3)4)13(15)12(11)6-2;/h6-7,10H,8-9H2,1-4H3;. The maximum atomic E-state index is 12.2. The molecule has 1 rings (SSSR count). The molecule has 0 N–H and O–H groups in total. The third kappa shape index (κ3) is 3.01. The molecule has 1 saturated heterocycles. The van der Waals surface area contributed by atoms with Gasteiger partial charge in [-0.1, -0.05) is 0 Å². The first kappa shape index (κ1) is 13.6. The van der Waals surface area contributed by atoms with Crippen molar-refractivity contribution in [3.63, 3.8) is 0 Å². The summed E-state index contributed by atoms with van der Waals surface area (Å²) in [6.07, 6.45) is 5.09. The fourth-order valence-corrected chi connectivity index (χ4v) is 2.48. The van der Waals surface area contributed by atoms with Gasteiger partial charge in [0.05, 0.1) is 0 Å². The first-order valence-corrected chi connectivity index (χ1v) is 7.12. The van der Waals surface area contributed by atoms with Crippen LogP contribution in [0.5, 0.6) is 0 Å². The molecular weight excluding hydrogens is 370 g/mol. The monoisotopic (exact) mass is 389 g/mol. The molecule has 0 spiro atoms. The Morgan fingerprint density at radius 3 is 2.56 bits per heavy atom. The Hall–Kier alpha value is -0.492. The van der Waals surface area contributed by atoms with Gasteiger partial charge in [-0.3, -0.25) is 0 Å². The number of carbonyl (C=O) groups excluding carboxylic acids is 1. The van der Waals surface area contributed by atoms with Crippen LogP contribution in [0.15, 0.2) is 23.3 Å². The van der Waals surface area contributed by atoms with Crippen LogP contribution in [-0.2, 0) is 24.1 Å². The Bertz CT molecular complexity index is 366. The molecule has 0 aromatic carbocycles. The van der Waals surface area contributed by atoms with Crippen molar-refractivity contribution in [2.24, 2.45) is 0 Å². The summed E-state index contributed by atoms with van der Waals surface area (Å²) >= 11 is 1.47. The number of carbonyl (C=O) groups is 1. The van der Waals surface area contributed by atoms with Crippen molar-refractivity contribution < 1.29 is 24.1 Å². The molecule has 1 heterocycles. The van der Waals surface area contributed by atoms with Gasteiger partial charge in [-0.15, -0.1) is 0 Å². The Kier molecular flexibility index (Phi) is 4.85. The molecule has 0 bridgehead atoms. The van der Waals surface area contributed by atoms with Gasteiger partial charge in [0.25, 0.3) is 0 Å². The molecule has 0 atom stereocenters. The van der Waals surface area contributed by atoms with Gasteiger partial charge in [0, 0.05) is 0 Å². The van der Waals surface area contributed by atoms with Crippen molar-refractivity contribution >= 4 is 9.81 Å². The van der Waals surface area contributed by atoms with Gasteiger partial charge in [0.2, 0.25) is 0 Å². The summed E-state index contributed by atoms with van der Waals surface area (Å²) in [5.41, 5.74) is 2.09. The zero-order valence-corrected chi connectivity index (χ0v) is 13.3. The van der Waals surface area contributed by atoms with Gasteiger partial charge in [-0.25, -0.2) is 0 Å². The van der Waals surface area contributed by atoms with E-state index in [2.05, 4.69) is 26.8 Å².